The van der Waals surface area contributed by atoms with Gasteiger partial charge in [-0.2, -0.15) is 0 Å². The standard InChI is InChI=1S/C17H19BrF2N6O/c1-17(2,20)15-23-16(24-27-15)26-7-5-25(6-8-26)14-12-11(19)4-3-10(18)13(12)21-9-22-14/h3-4,9,15H,5-8H2,1-2H3,(H,23,24). The maximum Gasteiger partial charge on any atom is 0.221 e. The lowest BCUT2D eigenvalue weighted by atomic mass is 10.1. The van der Waals surface area contributed by atoms with E-state index in [2.05, 4.69) is 36.4 Å². The van der Waals surface area contributed by atoms with Crippen LogP contribution in [-0.2, 0) is 4.84 Å². The van der Waals surface area contributed by atoms with Gasteiger partial charge in [0.25, 0.3) is 0 Å². The van der Waals surface area contributed by atoms with Gasteiger partial charge < -0.3 is 9.80 Å². The van der Waals surface area contributed by atoms with Crippen LogP contribution < -0.4 is 10.4 Å². The summed E-state index contributed by atoms with van der Waals surface area (Å²) in [5, 5.41) is 0.402. The van der Waals surface area contributed by atoms with Gasteiger partial charge in [-0.3, -0.25) is 0 Å². The van der Waals surface area contributed by atoms with E-state index in [0.29, 0.717) is 48.9 Å². The van der Waals surface area contributed by atoms with E-state index in [-0.39, 0.29) is 5.82 Å². The predicted molar refractivity (Wildman–Crippen MR) is 102 cm³/mol. The van der Waals surface area contributed by atoms with Crippen molar-refractivity contribution in [2.24, 2.45) is 4.99 Å². The molecule has 2 aliphatic heterocycles. The van der Waals surface area contributed by atoms with Crippen LogP contribution in [0.2, 0.25) is 0 Å². The summed E-state index contributed by atoms with van der Waals surface area (Å²) in [6.45, 7) is 5.32. The molecule has 144 valence electrons. The largest absolute Gasteiger partial charge is 0.352 e. The number of hydrogen-bond acceptors (Lipinski definition) is 7. The van der Waals surface area contributed by atoms with Crippen LogP contribution >= 0.6 is 15.9 Å². The molecule has 1 atom stereocenters. The van der Waals surface area contributed by atoms with Gasteiger partial charge >= 0.3 is 0 Å². The van der Waals surface area contributed by atoms with E-state index < -0.39 is 11.9 Å². The first kappa shape index (κ1) is 18.3. The molecule has 0 spiro atoms. The molecule has 7 nitrogen and oxygen atoms in total. The molecule has 10 heteroatoms. The van der Waals surface area contributed by atoms with Crippen LogP contribution in [-0.4, -0.2) is 58.9 Å². The highest BCUT2D eigenvalue weighted by atomic mass is 79.9. The number of fused-ring (bicyclic) bond motifs is 1. The van der Waals surface area contributed by atoms with E-state index in [4.69, 9.17) is 4.84 Å². The predicted octanol–water partition coefficient (Wildman–Crippen LogP) is 2.62. The van der Waals surface area contributed by atoms with Crippen molar-refractivity contribution in [3.63, 3.8) is 0 Å². The number of aliphatic imine (C=N–C) groups is 1. The lowest BCUT2D eigenvalue weighted by molar-refractivity contribution is -0.0505. The second kappa shape index (κ2) is 6.83. The Morgan fingerprint density at radius 1 is 1.19 bits per heavy atom. The zero-order valence-corrected chi connectivity index (χ0v) is 16.5. The maximum atomic E-state index is 14.4. The van der Waals surface area contributed by atoms with Gasteiger partial charge in [-0.05, 0) is 41.9 Å². The number of rotatable bonds is 2. The number of benzene rings is 1. The van der Waals surface area contributed by atoms with Crippen molar-refractivity contribution < 1.29 is 13.6 Å². The molecule has 0 radical (unpaired) electrons. The molecule has 1 saturated heterocycles. The Labute approximate surface area is 163 Å². The Bertz CT molecular complexity index is 895. The van der Waals surface area contributed by atoms with Crippen LogP contribution in [0, 0.1) is 5.82 Å². The highest BCUT2D eigenvalue weighted by Crippen LogP contribution is 2.31. The van der Waals surface area contributed by atoms with Crippen LogP contribution in [0.4, 0.5) is 14.6 Å². The average molecular weight is 441 g/mol. The topological polar surface area (TPSA) is 65.9 Å². The zero-order chi connectivity index (χ0) is 19.2. The lowest BCUT2D eigenvalue weighted by Gasteiger charge is -2.36. The molecule has 1 aromatic carbocycles. The van der Waals surface area contributed by atoms with Crippen LogP contribution in [0.5, 0.6) is 0 Å². The first-order valence-electron chi connectivity index (χ1n) is 8.61. The summed E-state index contributed by atoms with van der Waals surface area (Å²) in [4.78, 5) is 22.0. The van der Waals surface area contributed by atoms with Gasteiger partial charge in [0.2, 0.25) is 12.2 Å². The molecular formula is C17H19BrF2N6O. The Morgan fingerprint density at radius 3 is 2.56 bits per heavy atom. The van der Waals surface area contributed by atoms with E-state index in [1.165, 1.54) is 26.2 Å². The fraction of sp³-hybridized carbons (Fsp3) is 0.471. The zero-order valence-electron chi connectivity index (χ0n) is 14.9. The highest BCUT2D eigenvalue weighted by molar-refractivity contribution is 9.10. The van der Waals surface area contributed by atoms with Crippen molar-refractivity contribution in [3.05, 3.63) is 28.7 Å². The molecular weight excluding hydrogens is 422 g/mol. The molecule has 1 unspecified atom stereocenters. The molecule has 2 aliphatic rings. The smallest absolute Gasteiger partial charge is 0.221 e. The van der Waals surface area contributed by atoms with Gasteiger partial charge in [0.05, 0.1) is 10.9 Å². The molecule has 1 aromatic heterocycles. The van der Waals surface area contributed by atoms with Crippen molar-refractivity contribution in [1.82, 2.24) is 20.3 Å². The number of alkyl halides is 1. The minimum Gasteiger partial charge on any atom is -0.352 e. The summed E-state index contributed by atoms with van der Waals surface area (Å²) in [5.74, 6) is 0.736. The van der Waals surface area contributed by atoms with E-state index in [1.807, 2.05) is 9.80 Å². The van der Waals surface area contributed by atoms with Gasteiger partial charge in [-0.1, -0.05) is 0 Å². The number of hydroxylamine groups is 1. The van der Waals surface area contributed by atoms with E-state index >= 15 is 0 Å². The fourth-order valence-electron chi connectivity index (χ4n) is 3.17. The third-order valence-corrected chi connectivity index (χ3v) is 5.28. The Balaban J connectivity index is 1.53. The van der Waals surface area contributed by atoms with Crippen molar-refractivity contribution in [2.45, 2.75) is 25.7 Å². The number of nitrogens with zero attached hydrogens (tertiary/aromatic N) is 5. The quantitative estimate of drug-likeness (QED) is 0.773. The molecule has 0 amide bonds. The Kier molecular flexibility index (Phi) is 4.63. The summed E-state index contributed by atoms with van der Waals surface area (Å²) in [5.41, 5.74) is 1.69. The number of guanidine groups is 1. The van der Waals surface area contributed by atoms with Gasteiger partial charge in [0.15, 0.2) is 5.67 Å². The van der Waals surface area contributed by atoms with E-state index in [1.54, 1.807) is 6.07 Å². The summed E-state index contributed by atoms with van der Waals surface area (Å²) in [6.07, 6.45) is 0.571. The van der Waals surface area contributed by atoms with Gasteiger partial charge in [-0.25, -0.2) is 34.1 Å². The van der Waals surface area contributed by atoms with Gasteiger partial charge in [0.1, 0.15) is 18.0 Å². The number of hydrogen-bond donors (Lipinski definition) is 1. The van der Waals surface area contributed by atoms with Crippen molar-refractivity contribution in [2.75, 3.05) is 31.1 Å². The normalized spacial score (nSPS) is 20.8. The van der Waals surface area contributed by atoms with E-state index in [9.17, 15) is 8.78 Å². The first-order valence-corrected chi connectivity index (χ1v) is 9.41. The van der Waals surface area contributed by atoms with Gasteiger partial charge in [0, 0.05) is 30.7 Å². The van der Waals surface area contributed by atoms with Crippen molar-refractivity contribution in [3.8, 4) is 0 Å². The number of nitrogens with one attached hydrogen (secondary N) is 1. The van der Waals surface area contributed by atoms with Crippen LogP contribution in [0.15, 0.2) is 27.9 Å². The second-order valence-electron chi connectivity index (χ2n) is 7.01. The lowest BCUT2D eigenvalue weighted by Crippen LogP contribution is -2.51. The molecule has 27 heavy (non-hydrogen) atoms. The summed E-state index contributed by atoms with van der Waals surface area (Å²) < 4.78 is 29.1. The van der Waals surface area contributed by atoms with Crippen LogP contribution in [0.3, 0.4) is 0 Å². The number of aromatic nitrogens is 2. The molecule has 4 rings (SSSR count). The monoisotopic (exact) mass is 440 g/mol. The SMILES string of the molecule is CC(C)(F)C1N=C(N2CCN(c3ncnc4c(Br)ccc(F)c34)CC2)NO1. The van der Waals surface area contributed by atoms with Crippen LogP contribution in [0.1, 0.15) is 13.8 Å². The molecule has 0 aliphatic carbocycles. The van der Waals surface area contributed by atoms with Crippen molar-refractivity contribution >= 4 is 38.6 Å². The molecule has 1 fully saturated rings. The second-order valence-corrected chi connectivity index (χ2v) is 7.87. The highest BCUT2D eigenvalue weighted by Gasteiger charge is 2.36. The third kappa shape index (κ3) is 3.43. The summed E-state index contributed by atoms with van der Waals surface area (Å²) >= 11 is 3.41. The third-order valence-electron chi connectivity index (χ3n) is 4.64. The maximum absolute atomic E-state index is 14.4. The summed E-state index contributed by atoms with van der Waals surface area (Å²) in [7, 11) is 0. The molecule has 0 saturated carbocycles. The Morgan fingerprint density at radius 2 is 1.89 bits per heavy atom. The average Bonchev–Trinajstić information content (AvgIpc) is 3.15. The minimum absolute atomic E-state index is 0.352. The molecule has 3 heterocycles. The van der Waals surface area contributed by atoms with Crippen LogP contribution in [0.25, 0.3) is 10.9 Å². The van der Waals surface area contributed by atoms with E-state index in [0.717, 1.165) is 4.47 Å². The number of halogens is 3. The van der Waals surface area contributed by atoms with Gasteiger partial charge in [-0.15, -0.1) is 0 Å². The Hall–Kier alpha value is -2.07. The molecule has 1 N–H and O–H groups in total. The minimum atomic E-state index is -1.57. The first-order chi connectivity index (χ1) is 12.8. The van der Waals surface area contributed by atoms with Crippen molar-refractivity contribution in [1.29, 1.82) is 0 Å². The molecule has 0 bridgehead atoms. The number of anilines is 1. The summed E-state index contributed by atoms with van der Waals surface area (Å²) in [6, 6.07) is 3.04. The molecule has 2 aromatic rings. The number of piperazine rings is 1. The fourth-order valence-corrected chi connectivity index (χ4v) is 3.60.